The number of rotatable bonds is 5. The summed E-state index contributed by atoms with van der Waals surface area (Å²) in [4.78, 5) is 25.4. The van der Waals surface area contributed by atoms with Crippen LogP contribution in [0.25, 0.3) is 10.2 Å². The molecule has 1 aromatic heterocycles. The highest BCUT2D eigenvalue weighted by molar-refractivity contribution is 7.89. The standard InChI is InChI=1S/C22H25N3O4S2/c1-15(2)25-19-11-10-17(13-20(19)30-22(25)27)23-21(26)16-7-6-12-24(14-16)31(28,29)18-8-4-3-5-9-18/h3-5,8-11,13,15-16H,6-7,12,14H2,1-2H3,(H,23,26)/t16-/m0/s1. The van der Waals surface area contributed by atoms with Gasteiger partial charge in [0.05, 0.1) is 21.0 Å². The Morgan fingerprint density at radius 2 is 1.90 bits per heavy atom. The number of sulfonamides is 1. The summed E-state index contributed by atoms with van der Waals surface area (Å²) in [7, 11) is -3.62. The van der Waals surface area contributed by atoms with Crippen molar-refractivity contribution in [2.45, 2.75) is 37.6 Å². The zero-order chi connectivity index (χ0) is 22.2. The molecule has 7 nitrogen and oxygen atoms in total. The van der Waals surface area contributed by atoms with Crippen molar-refractivity contribution in [2.24, 2.45) is 5.92 Å². The lowest BCUT2D eigenvalue weighted by molar-refractivity contribution is -0.120. The highest BCUT2D eigenvalue weighted by atomic mass is 32.2. The number of piperidine rings is 1. The molecule has 1 amide bonds. The molecule has 1 aliphatic rings. The van der Waals surface area contributed by atoms with E-state index in [0.717, 1.165) is 21.6 Å². The van der Waals surface area contributed by atoms with Crippen molar-refractivity contribution in [1.29, 1.82) is 0 Å². The quantitative estimate of drug-likeness (QED) is 0.630. The fourth-order valence-electron chi connectivity index (χ4n) is 3.96. The first-order chi connectivity index (χ1) is 14.8. The van der Waals surface area contributed by atoms with Crippen LogP contribution in [-0.4, -0.2) is 36.3 Å². The Kier molecular flexibility index (Phi) is 6.00. The fourth-order valence-corrected chi connectivity index (χ4v) is 6.56. The van der Waals surface area contributed by atoms with Crippen molar-refractivity contribution in [3.8, 4) is 0 Å². The van der Waals surface area contributed by atoms with Crippen LogP contribution in [0.5, 0.6) is 0 Å². The second-order valence-corrected chi connectivity index (χ2v) is 10.9. The lowest BCUT2D eigenvalue weighted by Crippen LogP contribution is -2.43. The van der Waals surface area contributed by atoms with Gasteiger partial charge in [-0.25, -0.2) is 8.42 Å². The molecule has 4 rings (SSSR count). The summed E-state index contributed by atoms with van der Waals surface area (Å²) in [6.07, 6.45) is 1.26. The van der Waals surface area contributed by atoms with Crippen LogP contribution in [0.2, 0.25) is 0 Å². The van der Waals surface area contributed by atoms with E-state index in [4.69, 9.17) is 0 Å². The Balaban J connectivity index is 1.50. The van der Waals surface area contributed by atoms with Crippen LogP contribution >= 0.6 is 11.3 Å². The number of aromatic nitrogens is 1. The van der Waals surface area contributed by atoms with Crippen LogP contribution in [0, 0.1) is 5.92 Å². The van der Waals surface area contributed by atoms with Gasteiger partial charge in [0.2, 0.25) is 15.9 Å². The number of hydrogen-bond acceptors (Lipinski definition) is 5. The van der Waals surface area contributed by atoms with Crippen molar-refractivity contribution < 1.29 is 13.2 Å². The summed E-state index contributed by atoms with van der Waals surface area (Å²) in [6.45, 7) is 4.48. The zero-order valence-electron chi connectivity index (χ0n) is 17.4. The molecule has 0 aliphatic carbocycles. The normalized spacial score (nSPS) is 17.8. The lowest BCUT2D eigenvalue weighted by Gasteiger charge is -2.31. The third-order valence-electron chi connectivity index (χ3n) is 5.53. The van der Waals surface area contributed by atoms with Gasteiger partial charge < -0.3 is 5.32 Å². The molecule has 1 fully saturated rings. The second-order valence-electron chi connectivity index (χ2n) is 8.02. The lowest BCUT2D eigenvalue weighted by atomic mass is 9.98. The van der Waals surface area contributed by atoms with Crippen LogP contribution in [0.4, 0.5) is 5.69 Å². The molecular formula is C22H25N3O4S2. The van der Waals surface area contributed by atoms with Gasteiger partial charge in [-0.1, -0.05) is 29.5 Å². The predicted molar refractivity (Wildman–Crippen MR) is 123 cm³/mol. The van der Waals surface area contributed by atoms with Gasteiger partial charge in [-0.2, -0.15) is 4.31 Å². The number of anilines is 1. The van der Waals surface area contributed by atoms with E-state index in [2.05, 4.69) is 5.32 Å². The predicted octanol–water partition coefficient (Wildman–Crippen LogP) is 3.68. The minimum absolute atomic E-state index is 0.0254. The SMILES string of the molecule is CC(C)n1c(=O)sc2cc(NC(=O)[C@H]3CCCN(S(=O)(=O)c4ccccc4)C3)ccc21. The van der Waals surface area contributed by atoms with E-state index in [1.807, 2.05) is 19.9 Å². The summed E-state index contributed by atoms with van der Waals surface area (Å²) in [5.41, 5.74) is 1.46. The molecule has 164 valence electrons. The maximum atomic E-state index is 12.9. The van der Waals surface area contributed by atoms with Gasteiger partial charge in [0.15, 0.2) is 0 Å². The second kappa shape index (κ2) is 8.57. The van der Waals surface area contributed by atoms with Gasteiger partial charge >= 0.3 is 4.87 Å². The first-order valence-corrected chi connectivity index (χ1v) is 12.5. The van der Waals surface area contributed by atoms with E-state index in [0.29, 0.717) is 25.1 Å². The highest BCUT2D eigenvalue weighted by Gasteiger charge is 2.33. The molecule has 0 bridgehead atoms. The maximum Gasteiger partial charge on any atom is 0.308 e. The average Bonchev–Trinajstić information content (AvgIpc) is 3.09. The maximum absolute atomic E-state index is 12.9. The number of fused-ring (bicyclic) bond motifs is 1. The molecule has 0 spiro atoms. The Labute approximate surface area is 185 Å². The van der Waals surface area contributed by atoms with Crippen LogP contribution in [0.1, 0.15) is 32.7 Å². The van der Waals surface area contributed by atoms with Gasteiger partial charge in [0, 0.05) is 24.8 Å². The molecule has 0 saturated carbocycles. The van der Waals surface area contributed by atoms with E-state index in [-0.39, 0.29) is 28.3 Å². The molecule has 2 aromatic carbocycles. The fraction of sp³-hybridized carbons (Fsp3) is 0.364. The van der Waals surface area contributed by atoms with E-state index in [9.17, 15) is 18.0 Å². The minimum atomic E-state index is -3.62. The summed E-state index contributed by atoms with van der Waals surface area (Å²) < 4.78 is 29.8. The van der Waals surface area contributed by atoms with Gasteiger partial charge in [-0.05, 0) is 57.0 Å². The number of nitrogens with zero attached hydrogens (tertiary/aromatic N) is 2. The average molecular weight is 460 g/mol. The Bertz CT molecular complexity index is 1260. The van der Waals surface area contributed by atoms with Crippen molar-refractivity contribution in [3.05, 3.63) is 58.2 Å². The number of thiazole rings is 1. The summed E-state index contributed by atoms with van der Waals surface area (Å²) in [5, 5.41) is 2.91. The van der Waals surface area contributed by atoms with Gasteiger partial charge in [-0.15, -0.1) is 0 Å². The number of carbonyl (C=O) groups is 1. The van der Waals surface area contributed by atoms with Crippen molar-refractivity contribution >= 4 is 43.2 Å². The van der Waals surface area contributed by atoms with Gasteiger partial charge in [0.25, 0.3) is 0 Å². The number of benzene rings is 2. The van der Waals surface area contributed by atoms with Crippen LogP contribution in [-0.2, 0) is 14.8 Å². The molecule has 0 unspecified atom stereocenters. The van der Waals surface area contributed by atoms with E-state index in [1.54, 1.807) is 47.0 Å². The van der Waals surface area contributed by atoms with Crippen molar-refractivity contribution in [2.75, 3.05) is 18.4 Å². The van der Waals surface area contributed by atoms with Crippen molar-refractivity contribution in [3.63, 3.8) is 0 Å². The molecule has 2 heterocycles. The number of hydrogen-bond donors (Lipinski definition) is 1. The van der Waals surface area contributed by atoms with Crippen molar-refractivity contribution in [1.82, 2.24) is 8.87 Å². The monoisotopic (exact) mass is 459 g/mol. The molecule has 1 saturated heterocycles. The minimum Gasteiger partial charge on any atom is -0.326 e. The summed E-state index contributed by atoms with van der Waals surface area (Å²) in [6, 6.07) is 13.8. The third-order valence-corrected chi connectivity index (χ3v) is 8.33. The molecule has 1 aliphatic heterocycles. The first kappa shape index (κ1) is 21.7. The Hall–Kier alpha value is -2.49. The third kappa shape index (κ3) is 4.30. The number of amides is 1. The molecular weight excluding hydrogens is 434 g/mol. The smallest absolute Gasteiger partial charge is 0.308 e. The van der Waals surface area contributed by atoms with Gasteiger partial charge in [0.1, 0.15) is 0 Å². The topological polar surface area (TPSA) is 88.5 Å². The molecule has 9 heteroatoms. The Morgan fingerprint density at radius 3 is 2.61 bits per heavy atom. The number of nitrogens with one attached hydrogen (secondary N) is 1. The summed E-state index contributed by atoms with van der Waals surface area (Å²) in [5.74, 6) is -0.634. The van der Waals surface area contributed by atoms with Crippen LogP contribution in [0.15, 0.2) is 58.2 Å². The van der Waals surface area contributed by atoms with E-state index >= 15 is 0 Å². The molecule has 31 heavy (non-hydrogen) atoms. The zero-order valence-corrected chi connectivity index (χ0v) is 19.1. The molecule has 0 radical (unpaired) electrons. The first-order valence-electron chi connectivity index (χ1n) is 10.3. The molecule has 1 N–H and O–H groups in total. The highest BCUT2D eigenvalue weighted by Crippen LogP contribution is 2.27. The number of carbonyl (C=O) groups excluding carboxylic acids is 1. The van der Waals surface area contributed by atoms with Gasteiger partial charge in [-0.3, -0.25) is 14.2 Å². The van der Waals surface area contributed by atoms with Crippen LogP contribution < -0.4 is 10.2 Å². The largest absolute Gasteiger partial charge is 0.326 e. The summed E-state index contributed by atoms with van der Waals surface area (Å²) >= 11 is 1.15. The Morgan fingerprint density at radius 1 is 1.16 bits per heavy atom. The van der Waals surface area contributed by atoms with E-state index < -0.39 is 15.9 Å². The molecule has 3 aromatic rings. The molecule has 1 atom stereocenters. The van der Waals surface area contributed by atoms with E-state index in [1.165, 1.54) is 4.31 Å². The van der Waals surface area contributed by atoms with Crippen LogP contribution in [0.3, 0.4) is 0 Å².